The third-order valence-corrected chi connectivity index (χ3v) is 7.09. The molecule has 0 amide bonds. The van der Waals surface area contributed by atoms with Crippen LogP contribution in [-0.2, 0) is 25.1 Å². The molecule has 1 aromatic carbocycles. The summed E-state index contributed by atoms with van der Waals surface area (Å²) in [6, 6.07) is 11.8. The zero-order valence-corrected chi connectivity index (χ0v) is 20.5. The monoisotopic (exact) mass is 483 g/mol. The number of pyridine rings is 1. The van der Waals surface area contributed by atoms with Crippen LogP contribution in [0, 0.1) is 0 Å². The van der Waals surface area contributed by atoms with Crippen LogP contribution in [0.25, 0.3) is 16.9 Å². The third kappa shape index (κ3) is 4.00. The lowest BCUT2D eigenvalue weighted by atomic mass is 9.95. The molecule has 2 N–H and O–H groups in total. The van der Waals surface area contributed by atoms with Gasteiger partial charge in [0.25, 0.3) is 5.56 Å². The molecule has 0 saturated carbocycles. The van der Waals surface area contributed by atoms with Crippen molar-refractivity contribution in [1.29, 1.82) is 0 Å². The summed E-state index contributed by atoms with van der Waals surface area (Å²) < 4.78 is 3.34. The average Bonchev–Trinajstić information content (AvgIpc) is 3.13. The predicted molar refractivity (Wildman–Crippen MR) is 139 cm³/mol. The summed E-state index contributed by atoms with van der Waals surface area (Å²) in [4.78, 5) is 29.6. The van der Waals surface area contributed by atoms with E-state index in [4.69, 9.17) is 9.97 Å². The quantitative estimate of drug-likeness (QED) is 0.422. The van der Waals surface area contributed by atoms with Gasteiger partial charge in [-0.1, -0.05) is 24.3 Å². The first-order valence-corrected chi connectivity index (χ1v) is 12.3. The van der Waals surface area contributed by atoms with Crippen LogP contribution in [0.4, 0.5) is 11.6 Å². The molecule has 1 atom stereocenters. The van der Waals surface area contributed by atoms with Gasteiger partial charge in [0.15, 0.2) is 11.5 Å². The second kappa shape index (κ2) is 8.69. The third-order valence-electron chi connectivity index (χ3n) is 7.09. The fourth-order valence-corrected chi connectivity index (χ4v) is 5.02. The Morgan fingerprint density at radius 1 is 1.11 bits per heavy atom. The molecule has 6 rings (SSSR count). The molecule has 9 heteroatoms. The summed E-state index contributed by atoms with van der Waals surface area (Å²) >= 11 is 0. The zero-order valence-electron chi connectivity index (χ0n) is 20.5. The van der Waals surface area contributed by atoms with Gasteiger partial charge in [-0.15, -0.1) is 0 Å². The molecule has 9 nitrogen and oxygen atoms in total. The number of nitrogens with one attached hydrogen (secondary N) is 1. The van der Waals surface area contributed by atoms with E-state index in [1.54, 1.807) is 22.5 Å². The van der Waals surface area contributed by atoms with Crippen LogP contribution in [0.15, 0.2) is 59.5 Å². The molecule has 5 heterocycles. The van der Waals surface area contributed by atoms with Gasteiger partial charge in [0, 0.05) is 25.0 Å². The number of fused-ring (bicyclic) bond motifs is 7. The highest BCUT2D eigenvalue weighted by Gasteiger charge is 2.26. The Morgan fingerprint density at radius 2 is 2.00 bits per heavy atom. The van der Waals surface area contributed by atoms with Crippen LogP contribution in [0.2, 0.25) is 0 Å². The minimum absolute atomic E-state index is 0.184. The number of aromatic nitrogens is 5. The molecule has 2 aliphatic rings. The minimum Gasteiger partial charge on any atom is -0.384 e. The number of benzene rings is 1. The first-order chi connectivity index (χ1) is 17.4. The van der Waals surface area contributed by atoms with E-state index in [0.29, 0.717) is 47.9 Å². The van der Waals surface area contributed by atoms with E-state index in [9.17, 15) is 9.90 Å². The van der Waals surface area contributed by atoms with Gasteiger partial charge >= 0.3 is 0 Å². The number of nitrogens with zero attached hydrogens (tertiary/aromatic N) is 6. The second-order valence-corrected chi connectivity index (χ2v) is 9.89. The van der Waals surface area contributed by atoms with Gasteiger partial charge < -0.3 is 15.3 Å². The molecule has 0 spiro atoms. The lowest BCUT2D eigenvalue weighted by molar-refractivity contribution is 0.0443. The Balaban J connectivity index is 1.46. The summed E-state index contributed by atoms with van der Waals surface area (Å²) in [5.41, 5.74) is 3.32. The van der Waals surface area contributed by atoms with Crippen molar-refractivity contribution in [2.45, 2.75) is 44.9 Å². The van der Waals surface area contributed by atoms with E-state index in [1.807, 2.05) is 36.4 Å². The van der Waals surface area contributed by atoms with Crippen LogP contribution < -0.4 is 10.9 Å². The highest BCUT2D eigenvalue weighted by atomic mass is 16.3. The SMILES string of the molecule is CN1CCc2ccc(Nc3ncc4c(=O)n5n(c4n3)-c3cccc(n3)C(C)(O)CC/C=C\C5)cc2C1. The maximum Gasteiger partial charge on any atom is 0.278 e. The summed E-state index contributed by atoms with van der Waals surface area (Å²) in [6.07, 6.45) is 7.76. The summed E-state index contributed by atoms with van der Waals surface area (Å²) in [7, 11) is 2.13. The number of aliphatic hydroxyl groups is 1. The highest BCUT2D eigenvalue weighted by Crippen LogP contribution is 2.27. The molecular formula is C27H29N7O2. The van der Waals surface area contributed by atoms with E-state index in [0.717, 1.165) is 25.2 Å². The average molecular weight is 484 g/mol. The molecule has 1 unspecified atom stereocenters. The van der Waals surface area contributed by atoms with Crippen molar-refractivity contribution in [3.63, 3.8) is 0 Å². The van der Waals surface area contributed by atoms with Gasteiger partial charge in [-0.2, -0.15) is 4.98 Å². The van der Waals surface area contributed by atoms with E-state index < -0.39 is 5.60 Å². The maximum absolute atomic E-state index is 13.3. The number of hydrogen-bond donors (Lipinski definition) is 2. The predicted octanol–water partition coefficient (Wildman–Crippen LogP) is 3.27. The molecular weight excluding hydrogens is 454 g/mol. The van der Waals surface area contributed by atoms with Crippen LogP contribution in [-0.4, -0.2) is 47.9 Å². The van der Waals surface area contributed by atoms with Crippen LogP contribution in [0.3, 0.4) is 0 Å². The van der Waals surface area contributed by atoms with Crippen molar-refractivity contribution < 1.29 is 5.11 Å². The Labute approximate surface area is 208 Å². The van der Waals surface area contributed by atoms with Crippen molar-refractivity contribution in [1.82, 2.24) is 29.2 Å². The Morgan fingerprint density at radius 3 is 2.89 bits per heavy atom. The summed E-state index contributed by atoms with van der Waals surface area (Å²) in [5.74, 6) is 0.928. The second-order valence-electron chi connectivity index (χ2n) is 9.89. The largest absolute Gasteiger partial charge is 0.384 e. The zero-order chi connectivity index (χ0) is 24.9. The molecule has 0 fully saturated rings. The molecule has 0 aliphatic carbocycles. The lowest BCUT2D eigenvalue weighted by Gasteiger charge is -2.25. The Hall–Kier alpha value is -3.82. The van der Waals surface area contributed by atoms with Crippen LogP contribution in [0.5, 0.6) is 0 Å². The number of anilines is 2. The summed E-state index contributed by atoms with van der Waals surface area (Å²) in [6.45, 7) is 4.11. The van der Waals surface area contributed by atoms with Crippen LogP contribution >= 0.6 is 0 Å². The topological polar surface area (TPSA) is 101 Å². The number of allylic oxidation sites excluding steroid dienone is 2. The van der Waals surface area contributed by atoms with E-state index in [-0.39, 0.29) is 5.56 Å². The number of likely N-dealkylation sites (N-methyl/N-ethyl adjacent to an activating group) is 1. The van der Waals surface area contributed by atoms with E-state index in [1.165, 1.54) is 11.1 Å². The van der Waals surface area contributed by atoms with Gasteiger partial charge in [-0.3, -0.25) is 4.79 Å². The molecule has 2 bridgehead atoms. The smallest absolute Gasteiger partial charge is 0.278 e. The maximum atomic E-state index is 13.3. The van der Waals surface area contributed by atoms with Gasteiger partial charge in [-0.05, 0) is 68.6 Å². The fourth-order valence-electron chi connectivity index (χ4n) is 5.02. The fraction of sp³-hybridized carbons (Fsp3) is 0.333. The van der Waals surface area contributed by atoms with Crippen molar-refractivity contribution in [2.75, 3.05) is 18.9 Å². The standard InChI is InChI=1S/C27H29N7O2/c1-27(36)12-4-3-5-13-33-25(35)21-16-28-26(31-24(21)34(33)23-8-6-7-22(27)30-23)29-20-10-9-18-11-14-32(2)17-19(18)15-20/h3,5-10,15-16,36H,4,11-14,17H2,1-2H3,(H,28,29,31)/b5-3-. The van der Waals surface area contributed by atoms with Gasteiger partial charge in [0.2, 0.25) is 5.95 Å². The van der Waals surface area contributed by atoms with Crippen LogP contribution in [0.1, 0.15) is 36.6 Å². The molecule has 3 aromatic heterocycles. The lowest BCUT2D eigenvalue weighted by Crippen LogP contribution is -2.26. The summed E-state index contributed by atoms with van der Waals surface area (Å²) in [5, 5.41) is 14.7. The first kappa shape index (κ1) is 22.6. The van der Waals surface area contributed by atoms with Crippen molar-refractivity contribution >= 4 is 22.7 Å². The normalized spacial score (nSPS) is 20.9. The van der Waals surface area contributed by atoms with Crippen molar-refractivity contribution in [2.24, 2.45) is 0 Å². The van der Waals surface area contributed by atoms with Crippen molar-refractivity contribution in [3.8, 4) is 5.82 Å². The molecule has 36 heavy (non-hydrogen) atoms. The highest BCUT2D eigenvalue weighted by molar-refractivity contribution is 5.77. The molecule has 2 aliphatic heterocycles. The van der Waals surface area contributed by atoms with E-state index >= 15 is 0 Å². The Bertz CT molecular complexity index is 1550. The number of rotatable bonds is 2. The Kier molecular flexibility index (Phi) is 5.46. The molecule has 0 radical (unpaired) electrons. The molecule has 184 valence electrons. The first-order valence-electron chi connectivity index (χ1n) is 12.3. The minimum atomic E-state index is -1.08. The van der Waals surface area contributed by atoms with Gasteiger partial charge in [0.05, 0.1) is 12.2 Å². The van der Waals surface area contributed by atoms with E-state index in [2.05, 4.69) is 34.4 Å². The van der Waals surface area contributed by atoms with Gasteiger partial charge in [-0.25, -0.2) is 19.3 Å². The van der Waals surface area contributed by atoms with Gasteiger partial charge in [0.1, 0.15) is 11.0 Å². The molecule has 4 aromatic rings. The van der Waals surface area contributed by atoms with Crippen molar-refractivity contribution in [3.05, 3.63) is 81.9 Å². The molecule has 0 saturated heterocycles. The number of hydrogen-bond acceptors (Lipinski definition) is 7.